The summed E-state index contributed by atoms with van der Waals surface area (Å²) in [7, 11) is 0. The van der Waals surface area contributed by atoms with Crippen LogP contribution in [0.3, 0.4) is 0 Å². The number of carbonyl (C=O) groups is 1. The normalized spacial score (nSPS) is 11.5. The molecule has 3 heteroatoms. The first-order chi connectivity index (χ1) is 10.6. The Morgan fingerprint density at radius 1 is 1.05 bits per heavy atom. The standard InChI is InChI=1S/C19H22N2O/c1-14(2)13-18(16-10-5-4-6-11-16)20-21-19(22)17-12-8-7-9-15(17)3/h4-12,14H,13H2,1-3H3,(H,21,22)/b20-18+. The molecule has 0 aliphatic carbocycles. The molecule has 0 saturated carbocycles. The Morgan fingerprint density at radius 2 is 1.68 bits per heavy atom. The van der Waals surface area contributed by atoms with Gasteiger partial charge >= 0.3 is 0 Å². The lowest BCUT2D eigenvalue weighted by molar-refractivity contribution is 0.0954. The zero-order chi connectivity index (χ0) is 15.9. The fraction of sp³-hybridized carbons (Fsp3) is 0.263. The number of hydrogen-bond donors (Lipinski definition) is 1. The fourth-order valence-electron chi connectivity index (χ4n) is 2.25. The molecule has 1 N–H and O–H groups in total. The summed E-state index contributed by atoms with van der Waals surface area (Å²) in [6.07, 6.45) is 0.818. The van der Waals surface area contributed by atoms with Gasteiger partial charge in [-0.2, -0.15) is 5.10 Å². The smallest absolute Gasteiger partial charge is 0.267 e. The zero-order valence-electron chi connectivity index (χ0n) is 13.3. The summed E-state index contributed by atoms with van der Waals surface area (Å²) >= 11 is 0. The minimum Gasteiger partial charge on any atom is -0.267 e. The molecule has 0 aromatic heterocycles. The van der Waals surface area contributed by atoms with Crippen molar-refractivity contribution in [2.45, 2.75) is 27.2 Å². The van der Waals surface area contributed by atoms with Crippen LogP contribution in [-0.4, -0.2) is 11.6 Å². The molecule has 0 radical (unpaired) electrons. The van der Waals surface area contributed by atoms with E-state index in [9.17, 15) is 4.79 Å². The van der Waals surface area contributed by atoms with E-state index < -0.39 is 0 Å². The minimum absolute atomic E-state index is 0.171. The van der Waals surface area contributed by atoms with Crippen molar-refractivity contribution in [3.05, 3.63) is 71.3 Å². The Kier molecular flexibility index (Phi) is 5.48. The predicted octanol–water partition coefficient (Wildman–Crippen LogP) is 4.18. The zero-order valence-corrected chi connectivity index (χ0v) is 13.3. The van der Waals surface area contributed by atoms with E-state index in [2.05, 4.69) is 24.4 Å². The number of nitrogens with one attached hydrogen (secondary N) is 1. The highest BCUT2D eigenvalue weighted by molar-refractivity contribution is 6.02. The second-order valence-corrected chi connectivity index (χ2v) is 5.78. The van der Waals surface area contributed by atoms with Crippen LogP contribution >= 0.6 is 0 Å². The lowest BCUT2D eigenvalue weighted by Crippen LogP contribution is -2.21. The van der Waals surface area contributed by atoms with Crippen molar-refractivity contribution in [2.24, 2.45) is 11.0 Å². The molecule has 0 atom stereocenters. The molecule has 0 fully saturated rings. The van der Waals surface area contributed by atoms with Crippen LogP contribution in [-0.2, 0) is 0 Å². The van der Waals surface area contributed by atoms with Crippen LogP contribution in [0.4, 0.5) is 0 Å². The maximum Gasteiger partial charge on any atom is 0.271 e. The number of hydrogen-bond acceptors (Lipinski definition) is 2. The van der Waals surface area contributed by atoms with E-state index in [1.165, 1.54) is 0 Å². The number of nitrogens with zero attached hydrogens (tertiary/aromatic N) is 1. The quantitative estimate of drug-likeness (QED) is 0.652. The first-order valence-electron chi connectivity index (χ1n) is 7.56. The summed E-state index contributed by atoms with van der Waals surface area (Å²) in [6.45, 7) is 6.20. The molecule has 2 aromatic carbocycles. The number of rotatable bonds is 5. The molecule has 0 spiro atoms. The fourth-order valence-corrected chi connectivity index (χ4v) is 2.25. The third kappa shape index (κ3) is 4.29. The Morgan fingerprint density at radius 3 is 2.32 bits per heavy atom. The molecular weight excluding hydrogens is 272 g/mol. The van der Waals surface area contributed by atoms with Crippen LogP contribution in [0.2, 0.25) is 0 Å². The average molecular weight is 294 g/mol. The largest absolute Gasteiger partial charge is 0.271 e. The third-order valence-corrected chi connectivity index (χ3v) is 3.39. The number of carbonyl (C=O) groups excluding carboxylic acids is 1. The van der Waals surface area contributed by atoms with Gasteiger partial charge in [0.25, 0.3) is 5.91 Å². The maximum atomic E-state index is 12.3. The summed E-state index contributed by atoms with van der Waals surface area (Å²) in [5, 5.41) is 4.37. The molecule has 0 saturated heterocycles. The van der Waals surface area contributed by atoms with E-state index in [0.29, 0.717) is 11.5 Å². The molecule has 0 aliphatic rings. The van der Waals surface area contributed by atoms with Gasteiger partial charge in [0, 0.05) is 5.56 Å². The van der Waals surface area contributed by atoms with Crippen molar-refractivity contribution >= 4 is 11.6 Å². The van der Waals surface area contributed by atoms with E-state index in [4.69, 9.17) is 0 Å². The van der Waals surface area contributed by atoms with Gasteiger partial charge in [0.15, 0.2) is 0 Å². The van der Waals surface area contributed by atoms with Gasteiger partial charge in [-0.05, 0) is 36.5 Å². The van der Waals surface area contributed by atoms with Gasteiger partial charge in [-0.3, -0.25) is 4.79 Å². The summed E-state index contributed by atoms with van der Waals surface area (Å²) < 4.78 is 0. The third-order valence-electron chi connectivity index (χ3n) is 3.39. The van der Waals surface area contributed by atoms with Crippen molar-refractivity contribution in [1.82, 2.24) is 5.43 Å². The van der Waals surface area contributed by atoms with E-state index in [1.807, 2.05) is 61.5 Å². The minimum atomic E-state index is -0.171. The second-order valence-electron chi connectivity index (χ2n) is 5.78. The highest BCUT2D eigenvalue weighted by Gasteiger charge is 2.10. The van der Waals surface area contributed by atoms with E-state index in [-0.39, 0.29) is 5.91 Å². The van der Waals surface area contributed by atoms with E-state index in [0.717, 1.165) is 23.3 Å². The molecule has 0 aliphatic heterocycles. The Hall–Kier alpha value is -2.42. The van der Waals surface area contributed by atoms with Crippen LogP contribution in [0, 0.1) is 12.8 Å². The summed E-state index contributed by atoms with van der Waals surface area (Å²) in [5.41, 5.74) is 6.24. The second kappa shape index (κ2) is 7.55. The van der Waals surface area contributed by atoms with Gasteiger partial charge < -0.3 is 0 Å². The van der Waals surface area contributed by atoms with Crippen molar-refractivity contribution in [1.29, 1.82) is 0 Å². The van der Waals surface area contributed by atoms with Crippen molar-refractivity contribution in [2.75, 3.05) is 0 Å². The summed E-state index contributed by atoms with van der Waals surface area (Å²) in [4.78, 5) is 12.3. The number of benzene rings is 2. The molecule has 0 bridgehead atoms. The maximum absolute atomic E-state index is 12.3. The number of amides is 1. The van der Waals surface area contributed by atoms with Crippen molar-refractivity contribution in [3.63, 3.8) is 0 Å². The number of aryl methyl sites for hydroxylation is 1. The Balaban J connectivity index is 2.20. The van der Waals surface area contributed by atoms with Crippen LogP contribution in [0.5, 0.6) is 0 Å². The summed E-state index contributed by atoms with van der Waals surface area (Å²) in [5.74, 6) is 0.296. The number of hydrazone groups is 1. The molecule has 2 rings (SSSR count). The Bertz CT molecular complexity index is 660. The molecule has 22 heavy (non-hydrogen) atoms. The van der Waals surface area contributed by atoms with Crippen LogP contribution in [0.25, 0.3) is 0 Å². The SMILES string of the molecule is Cc1ccccc1C(=O)N/N=C(\CC(C)C)c1ccccc1. The lowest BCUT2D eigenvalue weighted by atomic mass is 10.0. The van der Waals surface area contributed by atoms with Crippen molar-refractivity contribution in [3.8, 4) is 0 Å². The van der Waals surface area contributed by atoms with Gasteiger partial charge in [-0.25, -0.2) is 5.43 Å². The molecule has 0 unspecified atom stereocenters. The molecule has 2 aromatic rings. The van der Waals surface area contributed by atoms with Gasteiger partial charge in [0.05, 0.1) is 5.71 Å². The monoisotopic (exact) mass is 294 g/mol. The predicted molar refractivity (Wildman–Crippen MR) is 91.1 cm³/mol. The molecule has 0 heterocycles. The highest BCUT2D eigenvalue weighted by atomic mass is 16.2. The van der Waals surface area contributed by atoms with Crippen LogP contribution < -0.4 is 5.43 Å². The van der Waals surface area contributed by atoms with Crippen molar-refractivity contribution < 1.29 is 4.79 Å². The van der Waals surface area contributed by atoms with Gasteiger partial charge in [-0.15, -0.1) is 0 Å². The van der Waals surface area contributed by atoms with Gasteiger partial charge in [0.2, 0.25) is 0 Å². The van der Waals surface area contributed by atoms with Gasteiger partial charge in [-0.1, -0.05) is 62.4 Å². The first-order valence-corrected chi connectivity index (χ1v) is 7.56. The summed E-state index contributed by atoms with van der Waals surface area (Å²) in [6, 6.07) is 17.5. The highest BCUT2D eigenvalue weighted by Crippen LogP contribution is 2.11. The first kappa shape index (κ1) is 16.0. The topological polar surface area (TPSA) is 41.5 Å². The molecular formula is C19H22N2O. The Labute approximate surface area is 132 Å². The lowest BCUT2D eigenvalue weighted by Gasteiger charge is -2.10. The average Bonchev–Trinajstić information content (AvgIpc) is 2.52. The molecule has 1 amide bonds. The molecule has 3 nitrogen and oxygen atoms in total. The van der Waals surface area contributed by atoms with E-state index in [1.54, 1.807) is 0 Å². The van der Waals surface area contributed by atoms with E-state index >= 15 is 0 Å². The van der Waals surface area contributed by atoms with Gasteiger partial charge in [0.1, 0.15) is 0 Å². The van der Waals surface area contributed by atoms with Crippen LogP contribution in [0.1, 0.15) is 41.8 Å². The van der Waals surface area contributed by atoms with Crippen LogP contribution in [0.15, 0.2) is 59.7 Å². The molecule has 114 valence electrons.